The highest BCUT2D eigenvalue weighted by molar-refractivity contribution is 7.99. The van der Waals surface area contributed by atoms with Crippen LogP contribution in [0, 0.1) is 0 Å². The minimum Gasteiger partial charge on any atom is -0.480 e. The predicted molar refractivity (Wildman–Crippen MR) is 81.1 cm³/mol. The molecule has 1 aromatic heterocycles. The van der Waals surface area contributed by atoms with Crippen molar-refractivity contribution in [3.63, 3.8) is 0 Å². The van der Waals surface area contributed by atoms with Crippen molar-refractivity contribution in [3.8, 4) is 0 Å². The first kappa shape index (κ1) is 15.3. The molecule has 2 heterocycles. The van der Waals surface area contributed by atoms with E-state index in [9.17, 15) is 9.59 Å². The number of carbonyl (C=O) groups excluding carboxylic acids is 1. The maximum atomic E-state index is 12.0. The largest absolute Gasteiger partial charge is 0.480 e. The average Bonchev–Trinajstić information content (AvgIpc) is 2.92. The maximum Gasteiger partial charge on any atom is 0.317 e. The Hall–Kier alpha value is -1.05. The molecule has 0 atom stereocenters. The van der Waals surface area contributed by atoms with Crippen LogP contribution in [0.5, 0.6) is 0 Å². The van der Waals surface area contributed by atoms with E-state index in [0.29, 0.717) is 31.9 Å². The van der Waals surface area contributed by atoms with Crippen molar-refractivity contribution in [2.75, 3.05) is 38.5 Å². The number of thiophene rings is 1. The molecule has 7 heteroatoms. The first-order chi connectivity index (χ1) is 9.65. The fourth-order valence-corrected chi connectivity index (χ4v) is 3.84. The Morgan fingerprint density at radius 3 is 2.65 bits per heavy atom. The van der Waals surface area contributed by atoms with Crippen LogP contribution in [0.15, 0.2) is 17.5 Å². The van der Waals surface area contributed by atoms with Crippen LogP contribution >= 0.6 is 23.1 Å². The van der Waals surface area contributed by atoms with Gasteiger partial charge in [0.1, 0.15) is 0 Å². The van der Waals surface area contributed by atoms with Crippen LogP contribution < -0.4 is 0 Å². The van der Waals surface area contributed by atoms with E-state index in [1.807, 2.05) is 21.2 Å². The summed E-state index contributed by atoms with van der Waals surface area (Å²) >= 11 is 3.34. The van der Waals surface area contributed by atoms with Gasteiger partial charge in [0.25, 0.3) is 0 Å². The summed E-state index contributed by atoms with van der Waals surface area (Å²) in [5.41, 5.74) is 0. The van der Waals surface area contributed by atoms with Crippen molar-refractivity contribution in [1.82, 2.24) is 9.80 Å². The summed E-state index contributed by atoms with van der Waals surface area (Å²) in [6, 6.07) is 4.09. The van der Waals surface area contributed by atoms with E-state index in [1.165, 1.54) is 4.88 Å². The topological polar surface area (TPSA) is 60.9 Å². The van der Waals surface area contributed by atoms with Crippen molar-refractivity contribution < 1.29 is 14.7 Å². The summed E-state index contributed by atoms with van der Waals surface area (Å²) in [4.78, 5) is 27.6. The maximum absolute atomic E-state index is 12.0. The number of carboxylic acid groups (broad SMARTS) is 1. The number of aliphatic carboxylic acids is 1. The Morgan fingerprint density at radius 2 is 2.05 bits per heavy atom. The number of amides is 1. The van der Waals surface area contributed by atoms with Gasteiger partial charge in [-0.1, -0.05) is 6.07 Å². The van der Waals surface area contributed by atoms with Gasteiger partial charge < -0.3 is 10.0 Å². The lowest BCUT2D eigenvalue weighted by molar-refractivity contribution is -0.139. The van der Waals surface area contributed by atoms with Crippen LogP contribution in [0.1, 0.15) is 4.88 Å². The number of carboxylic acids is 1. The van der Waals surface area contributed by atoms with Crippen molar-refractivity contribution in [2.45, 2.75) is 5.75 Å². The SMILES string of the molecule is O=C(O)CN1CCN(C(=O)CSCc2cccs2)CC1. The number of hydrogen-bond donors (Lipinski definition) is 1. The number of rotatable bonds is 6. The van der Waals surface area contributed by atoms with Crippen molar-refractivity contribution >= 4 is 35.0 Å². The van der Waals surface area contributed by atoms with E-state index in [2.05, 4.69) is 6.07 Å². The third-order valence-corrected chi connectivity index (χ3v) is 5.16. The van der Waals surface area contributed by atoms with Crippen LogP contribution in [0.2, 0.25) is 0 Å². The van der Waals surface area contributed by atoms with Gasteiger partial charge in [0.2, 0.25) is 5.91 Å². The summed E-state index contributed by atoms with van der Waals surface area (Å²) in [7, 11) is 0. The van der Waals surface area contributed by atoms with Crippen molar-refractivity contribution in [2.24, 2.45) is 0 Å². The standard InChI is InChI=1S/C13H18N2O3S2/c16-12(10-19-9-11-2-1-7-20-11)15-5-3-14(4-6-15)8-13(17)18/h1-2,7H,3-6,8-10H2,(H,17,18). The van der Waals surface area contributed by atoms with Crippen LogP contribution in [0.4, 0.5) is 0 Å². The summed E-state index contributed by atoms with van der Waals surface area (Å²) < 4.78 is 0. The van der Waals surface area contributed by atoms with Gasteiger partial charge in [-0.15, -0.1) is 23.1 Å². The average molecular weight is 314 g/mol. The summed E-state index contributed by atoms with van der Waals surface area (Å²) in [5, 5.41) is 10.8. The molecular weight excluding hydrogens is 296 g/mol. The lowest BCUT2D eigenvalue weighted by atomic mass is 10.3. The van der Waals surface area contributed by atoms with Gasteiger partial charge in [-0.2, -0.15) is 0 Å². The Bertz CT molecular complexity index is 442. The Balaban J connectivity index is 1.65. The second-order valence-corrected chi connectivity index (χ2v) is 6.64. The molecule has 0 spiro atoms. The summed E-state index contributed by atoms with van der Waals surface area (Å²) in [6.45, 7) is 2.62. The van der Waals surface area contributed by atoms with Crippen LogP contribution in [0.3, 0.4) is 0 Å². The molecule has 0 saturated carbocycles. The molecule has 5 nitrogen and oxygen atoms in total. The Labute approximate surface area is 126 Å². The highest BCUT2D eigenvalue weighted by Crippen LogP contribution is 2.17. The van der Waals surface area contributed by atoms with Gasteiger partial charge in [0.05, 0.1) is 12.3 Å². The molecule has 1 aromatic rings. The smallest absolute Gasteiger partial charge is 0.317 e. The molecule has 0 radical (unpaired) electrons. The van der Waals surface area contributed by atoms with E-state index in [0.717, 1.165) is 5.75 Å². The fourth-order valence-electron chi connectivity index (χ4n) is 2.07. The third kappa shape index (κ3) is 4.81. The number of hydrogen-bond acceptors (Lipinski definition) is 5. The second kappa shape index (κ2) is 7.66. The quantitative estimate of drug-likeness (QED) is 0.855. The van der Waals surface area contributed by atoms with Gasteiger partial charge in [0, 0.05) is 36.8 Å². The molecule has 1 fully saturated rings. The minimum absolute atomic E-state index is 0.0646. The lowest BCUT2D eigenvalue weighted by Crippen LogP contribution is -2.50. The van der Waals surface area contributed by atoms with Crippen LogP contribution in [-0.4, -0.2) is 65.3 Å². The fraction of sp³-hybridized carbons (Fsp3) is 0.538. The molecule has 1 aliphatic heterocycles. The Morgan fingerprint density at radius 1 is 1.30 bits per heavy atom. The first-order valence-electron chi connectivity index (χ1n) is 6.47. The van der Waals surface area contributed by atoms with E-state index < -0.39 is 5.97 Å². The molecular formula is C13H18N2O3S2. The van der Waals surface area contributed by atoms with Crippen molar-refractivity contribution in [1.29, 1.82) is 0 Å². The molecule has 110 valence electrons. The lowest BCUT2D eigenvalue weighted by Gasteiger charge is -2.33. The first-order valence-corrected chi connectivity index (χ1v) is 8.50. The molecule has 0 aliphatic carbocycles. The normalized spacial score (nSPS) is 16.3. The van der Waals surface area contributed by atoms with Gasteiger partial charge in [-0.25, -0.2) is 0 Å². The monoisotopic (exact) mass is 314 g/mol. The minimum atomic E-state index is -0.809. The van der Waals surface area contributed by atoms with Gasteiger partial charge in [0.15, 0.2) is 0 Å². The highest BCUT2D eigenvalue weighted by atomic mass is 32.2. The second-order valence-electron chi connectivity index (χ2n) is 4.62. The predicted octanol–water partition coefficient (Wildman–Crippen LogP) is 1.21. The zero-order valence-corrected chi connectivity index (χ0v) is 12.8. The number of nitrogens with zero attached hydrogens (tertiary/aromatic N) is 2. The van der Waals surface area contributed by atoms with E-state index in [-0.39, 0.29) is 12.5 Å². The van der Waals surface area contributed by atoms with Crippen molar-refractivity contribution in [3.05, 3.63) is 22.4 Å². The van der Waals surface area contributed by atoms with Crippen LogP contribution in [-0.2, 0) is 15.3 Å². The Kier molecular flexibility index (Phi) is 5.87. The highest BCUT2D eigenvalue weighted by Gasteiger charge is 2.21. The van der Waals surface area contributed by atoms with E-state index in [1.54, 1.807) is 23.1 Å². The summed E-state index contributed by atoms with van der Waals surface area (Å²) in [6.07, 6.45) is 0. The number of carbonyl (C=O) groups is 2. The van der Waals surface area contributed by atoms with Gasteiger partial charge >= 0.3 is 5.97 Å². The number of thioether (sulfide) groups is 1. The molecule has 1 aliphatic rings. The molecule has 2 rings (SSSR count). The molecule has 1 saturated heterocycles. The third-order valence-electron chi connectivity index (χ3n) is 3.13. The van der Waals surface area contributed by atoms with Gasteiger partial charge in [-0.3, -0.25) is 14.5 Å². The van der Waals surface area contributed by atoms with Gasteiger partial charge in [-0.05, 0) is 11.4 Å². The summed E-state index contributed by atoms with van der Waals surface area (Å²) in [5.74, 6) is 0.719. The van der Waals surface area contributed by atoms with Crippen LogP contribution in [0.25, 0.3) is 0 Å². The molecule has 0 unspecified atom stereocenters. The molecule has 1 amide bonds. The molecule has 0 bridgehead atoms. The number of piperazine rings is 1. The zero-order chi connectivity index (χ0) is 14.4. The molecule has 20 heavy (non-hydrogen) atoms. The van der Waals surface area contributed by atoms with E-state index in [4.69, 9.17) is 5.11 Å². The zero-order valence-electron chi connectivity index (χ0n) is 11.2. The molecule has 0 aromatic carbocycles. The molecule has 1 N–H and O–H groups in total. The van der Waals surface area contributed by atoms with E-state index >= 15 is 0 Å².